The first kappa shape index (κ1) is 17.9. The largest absolute Gasteiger partial charge is 0.445 e. The lowest BCUT2D eigenvalue weighted by molar-refractivity contribution is -0.140. The molecule has 5 heteroatoms. The van der Waals surface area contributed by atoms with E-state index < -0.39 is 0 Å². The van der Waals surface area contributed by atoms with Gasteiger partial charge in [0, 0.05) is 19.6 Å². The van der Waals surface area contributed by atoms with E-state index >= 15 is 0 Å². The number of amides is 1. The van der Waals surface area contributed by atoms with E-state index in [-0.39, 0.29) is 17.2 Å². The van der Waals surface area contributed by atoms with Crippen LogP contribution in [0.25, 0.3) is 0 Å². The average molecular weight is 380 g/mol. The van der Waals surface area contributed by atoms with Gasteiger partial charge in [0.2, 0.25) is 5.91 Å². The number of nitrogens with zero attached hydrogens (tertiary/aromatic N) is 2. The van der Waals surface area contributed by atoms with Crippen molar-refractivity contribution in [1.29, 1.82) is 0 Å². The second kappa shape index (κ2) is 7.36. The highest BCUT2D eigenvalue weighted by Gasteiger charge is 2.44. The first-order chi connectivity index (χ1) is 13.8. The molecule has 0 bridgehead atoms. The van der Waals surface area contributed by atoms with E-state index in [0.29, 0.717) is 13.2 Å². The van der Waals surface area contributed by atoms with Gasteiger partial charge in [0.25, 0.3) is 0 Å². The molecule has 2 aromatic rings. The van der Waals surface area contributed by atoms with E-state index in [1.807, 2.05) is 11.0 Å². The minimum Gasteiger partial charge on any atom is -0.445 e. The molecule has 0 N–H and O–H groups in total. The van der Waals surface area contributed by atoms with Gasteiger partial charge in [-0.25, -0.2) is 4.98 Å². The van der Waals surface area contributed by atoms with Crippen molar-refractivity contribution in [2.75, 3.05) is 19.8 Å². The van der Waals surface area contributed by atoms with Gasteiger partial charge in [-0.1, -0.05) is 49.6 Å². The van der Waals surface area contributed by atoms with E-state index in [4.69, 9.17) is 14.1 Å². The summed E-state index contributed by atoms with van der Waals surface area (Å²) >= 11 is 0. The van der Waals surface area contributed by atoms with Gasteiger partial charge in [-0.05, 0) is 24.8 Å². The summed E-state index contributed by atoms with van der Waals surface area (Å²) in [4.78, 5) is 20.6. The van der Waals surface area contributed by atoms with E-state index in [0.717, 1.165) is 69.0 Å². The Labute approximate surface area is 166 Å². The molecule has 1 saturated carbocycles. The third kappa shape index (κ3) is 3.06. The molecule has 28 heavy (non-hydrogen) atoms. The van der Waals surface area contributed by atoms with Crippen LogP contribution in [0.2, 0.25) is 0 Å². The maximum Gasteiger partial charge on any atom is 0.233 e. The molecule has 3 heterocycles. The molecule has 1 aliphatic carbocycles. The highest BCUT2D eigenvalue weighted by Crippen LogP contribution is 2.42. The second-order valence-corrected chi connectivity index (χ2v) is 8.47. The predicted molar refractivity (Wildman–Crippen MR) is 105 cm³/mol. The smallest absolute Gasteiger partial charge is 0.233 e. The number of benzene rings is 1. The average Bonchev–Trinajstić information content (AvgIpc) is 3.43. The maximum absolute atomic E-state index is 13.8. The van der Waals surface area contributed by atoms with E-state index in [1.54, 1.807) is 0 Å². The Hall–Kier alpha value is -2.14. The number of hydrogen-bond donors (Lipinski definition) is 0. The third-order valence-corrected chi connectivity index (χ3v) is 6.75. The second-order valence-electron chi connectivity index (χ2n) is 8.47. The van der Waals surface area contributed by atoms with Crippen molar-refractivity contribution in [3.63, 3.8) is 0 Å². The molecule has 0 radical (unpaired) electrons. The summed E-state index contributed by atoms with van der Waals surface area (Å²) in [6.45, 7) is 2.76. The lowest BCUT2D eigenvalue weighted by Gasteiger charge is -2.41. The van der Waals surface area contributed by atoms with Crippen LogP contribution in [0, 0.1) is 0 Å². The fourth-order valence-electron chi connectivity index (χ4n) is 5.14. The van der Waals surface area contributed by atoms with Crippen LogP contribution in [-0.4, -0.2) is 35.5 Å². The van der Waals surface area contributed by atoms with Crippen LogP contribution >= 0.6 is 0 Å². The first-order valence-electron chi connectivity index (χ1n) is 10.7. The zero-order valence-electron chi connectivity index (χ0n) is 16.4. The number of carbonyl (C=O) groups excluding carboxylic acids is 1. The molecule has 1 aromatic heterocycles. The van der Waals surface area contributed by atoms with Crippen molar-refractivity contribution in [3.05, 3.63) is 53.2 Å². The fourth-order valence-corrected chi connectivity index (χ4v) is 5.14. The Kier molecular flexibility index (Phi) is 4.71. The molecule has 1 saturated heterocycles. The van der Waals surface area contributed by atoms with Crippen LogP contribution in [0.3, 0.4) is 0 Å². The summed E-state index contributed by atoms with van der Waals surface area (Å²) in [5.41, 5.74) is 1.75. The number of hydrogen-bond acceptors (Lipinski definition) is 4. The Morgan fingerprint density at radius 1 is 1.14 bits per heavy atom. The minimum atomic E-state index is -0.372. The zero-order valence-corrected chi connectivity index (χ0v) is 16.4. The Morgan fingerprint density at radius 2 is 1.96 bits per heavy atom. The van der Waals surface area contributed by atoms with Crippen molar-refractivity contribution in [1.82, 2.24) is 9.88 Å². The first-order valence-corrected chi connectivity index (χ1v) is 10.7. The minimum absolute atomic E-state index is 0.267. The number of ether oxygens (including phenoxy) is 1. The summed E-state index contributed by atoms with van der Waals surface area (Å²) in [5.74, 6) is 2.30. The number of rotatable bonds is 3. The molecule has 1 unspecified atom stereocenters. The molecule has 2 fully saturated rings. The van der Waals surface area contributed by atoms with Crippen LogP contribution in [0.4, 0.5) is 0 Å². The van der Waals surface area contributed by atoms with Gasteiger partial charge < -0.3 is 14.1 Å². The lowest BCUT2D eigenvalue weighted by atomic mass is 9.68. The van der Waals surface area contributed by atoms with Crippen LogP contribution in [-0.2, 0) is 27.9 Å². The van der Waals surface area contributed by atoms with Gasteiger partial charge in [-0.2, -0.15) is 0 Å². The van der Waals surface area contributed by atoms with Crippen molar-refractivity contribution < 1.29 is 13.9 Å². The zero-order chi connectivity index (χ0) is 19.0. The van der Waals surface area contributed by atoms with Crippen molar-refractivity contribution in [3.8, 4) is 0 Å². The highest BCUT2D eigenvalue weighted by molar-refractivity contribution is 5.88. The standard InChI is InChI=1S/C23H28N2O3/c26-22(23(11-5-2-6-12-23)18-7-3-1-4-8-18)25-13-9-20-19(15-25)24-21(28-20)17-10-14-27-16-17/h1,3-4,7-8,17H,2,5-6,9-16H2. The number of oxazole rings is 1. The van der Waals surface area contributed by atoms with Gasteiger partial charge in [0.15, 0.2) is 5.89 Å². The van der Waals surface area contributed by atoms with Crippen LogP contribution < -0.4 is 0 Å². The summed E-state index contributed by atoms with van der Waals surface area (Å²) in [7, 11) is 0. The van der Waals surface area contributed by atoms with E-state index in [2.05, 4.69) is 24.3 Å². The molecule has 1 aromatic carbocycles. The lowest BCUT2D eigenvalue weighted by Crippen LogP contribution is -2.49. The predicted octanol–water partition coefficient (Wildman–Crippen LogP) is 3.97. The number of aromatic nitrogens is 1. The normalized spacial score (nSPS) is 24.1. The maximum atomic E-state index is 13.8. The highest BCUT2D eigenvalue weighted by atomic mass is 16.5. The van der Waals surface area contributed by atoms with Gasteiger partial charge in [0.05, 0.1) is 24.5 Å². The van der Waals surface area contributed by atoms with Crippen LogP contribution in [0.5, 0.6) is 0 Å². The van der Waals surface area contributed by atoms with Gasteiger partial charge >= 0.3 is 0 Å². The quantitative estimate of drug-likeness (QED) is 0.809. The molecule has 2 aliphatic heterocycles. The molecule has 1 atom stereocenters. The van der Waals surface area contributed by atoms with Gasteiger partial charge in [-0.15, -0.1) is 0 Å². The molecular formula is C23H28N2O3. The van der Waals surface area contributed by atoms with Crippen LogP contribution in [0.15, 0.2) is 34.7 Å². The Balaban J connectivity index is 1.40. The summed E-state index contributed by atoms with van der Waals surface area (Å²) in [6, 6.07) is 10.4. The molecule has 148 valence electrons. The number of carbonyl (C=O) groups is 1. The van der Waals surface area contributed by atoms with E-state index in [1.165, 1.54) is 12.0 Å². The Morgan fingerprint density at radius 3 is 2.71 bits per heavy atom. The van der Waals surface area contributed by atoms with Gasteiger partial charge in [0.1, 0.15) is 11.5 Å². The summed E-state index contributed by atoms with van der Waals surface area (Å²) < 4.78 is 11.5. The molecular weight excluding hydrogens is 352 g/mol. The molecule has 0 spiro atoms. The van der Waals surface area contributed by atoms with Crippen LogP contribution in [0.1, 0.15) is 67.4 Å². The van der Waals surface area contributed by atoms with E-state index in [9.17, 15) is 4.79 Å². The molecule has 5 nitrogen and oxygen atoms in total. The SMILES string of the molecule is O=C(N1CCc2oc(C3CCOC3)nc2C1)C1(c2ccccc2)CCCCC1. The van der Waals surface area contributed by atoms with Crippen molar-refractivity contribution in [2.45, 2.75) is 62.8 Å². The molecule has 1 amide bonds. The molecule has 5 rings (SSSR count). The summed E-state index contributed by atoms with van der Waals surface area (Å²) in [6.07, 6.45) is 7.09. The van der Waals surface area contributed by atoms with Gasteiger partial charge in [-0.3, -0.25) is 4.79 Å². The summed E-state index contributed by atoms with van der Waals surface area (Å²) in [5, 5.41) is 0. The third-order valence-electron chi connectivity index (χ3n) is 6.75. The monoisotopic (exact) mass is 380 g/mol. The Bertz CT molecular complexity index is 833. The number of fused-ring (bicyclic) bond motifs is 1. The molecule has 3 aliphatic rings. The van der Waals surface area contributed by atoms with Crippen molar-refractivity contribution in [2.24, 2.45) is 0 Å². The fraction of sp³-hybridized carbons (Fsp3) is 0.565. The topological polar surface area (TPSA) is 55.6 Å². The van der Waals surface area contributed by atoms with Crippen molar-refractivity contribution >= 4 is 5.91 Å².